The van der Waals surface area contributed by atoms with Gasteiger partial charge in [0.15, 0.2) is 0 Å². The molecule has 0 radical (unpaired) electrons. The molecule has 0 saturated heterocycles. The molecule has 0 aliphatic rings. The average molecular weight is 308 g/mol. The maximum Gasteiger partial charge on any atom is 0.222 e. The molecule has 0 rings (SSSR count). The van der Waals surface area contributed by atoms with Crippen LogP contribution in [0, 0.1) is 5.41 Å². The SMILES string of the molecule is CC(C)NC(=O)CCCC(=O)N(C)CC(C)(C)CN.Cl. The van der Waals surface area contributed by atoms with Crippen LogP contribution >= 0.6 is 12.4 Å². The van der Waals surface area contributed by atoms with Crippen molar-refractivity contribution in [2.75, 3.05) is 20.1 Å². The Morgan fingerprint density at radius 3 is 2.25 bits per heavy atom. The van der Waals surface area contributed by atoms with Crippen LogP contribution in [0.5, 0.6) is 0 Å². The molecule has 0 aromatic carbocycles. The molecule has 5 nitrogen and oxygen atoms in total. The van der Waals surface area contributed by atoms with Gasteiger partial charge in [0.2, 0.25) is 11.8 Å². The van der Waals surface area contributed by atoms with E-state index in [2.05, 4.69) is 5.32 Å². The van der Waals surface area contributed by atoms with E-state index in [9.17, 15) is 9.59 Å². The van der Waals surface area contributed by atoms with E-state index in [-0.39, 0.29) is 35.7 Å². The predicted molar refractivity (Wildman–Crippen MR) is 84.9 cm³/mol. The Hall–Kier alpha value is -0.810. The van der Waals surface area contributed by atoms with E-state index in [1.165, 1.54) is 0 Å². The van der Waals surface area contributed by atoms with Crippen molar-refractivity contribution in [2.45, 2.75) is 53.0 Å². The summed E-state index contributed by atoms with van der Waals surface area (Å²) in [5.41, 5.74) is 5.58. The largest absolute Gasteiger partial charge is 0.354 e. The van der Waals surface area contributed by atoms with Gasteiger partial charge in [0.25, 0.3) is 0 Å². The lowest BCUT2D eigenvalue weighted by molar-refractivity contribution is -0.131. The highest BCUT2D eigenvalue weighted by molar-refractivity contribution is 5.85. The molecule has 0 aliphatic carbocycles. The highest BCUT2D eigenvalue weighted by atomic mass is 35.5. The lowest BCUT2D eigenvalue weighted by Crippen LogP contribution is -2.39. The zero-order valence-corrected chi connectivity index (χ0v) is 14.2. The summed E-state index contributed by atoms with van der Waals surface area (Å²) in [6, 6.07) is 0.149. The molecule has 0 heterocycles. The van der Waals surface area contributed by atoms with Gasteiger partial charge in [-0.1, -0.05) is 13.8 Å². The van der Waals surface area contributed by atoms with E-state index in [1.54, 1.807) is 11.9 Å². The Morgan fingerprint density at radius 1 is 1.25 bits per heavy atom. The monoisotopic (exact) mass is 307 g/mol. The van der Waals surface area contributed by atoms with E-state index in [0.717, 1.165) is 0 Å². The lowest BCUT2D eigenvalue weighted by atomic mass is 9.93. The predicted octanol–water partition coefficient (Wildman–Crippen LogP) is 1.55. The number of carbonyl (C=O) groups is 2. The summed E-state index contributed by atoms with van der Waals surface area (Å²) in [6.45, 7) is 9.10. The van der Waals surface area contributed by atoms with Crippen LogP contribution in [-0.2, 0) is 9.59 Å². The van der Waals surface area contributed by atoms with Crippen molar-refractivity contribution in [3.05, 3.63) is 0 Å². The third-order valence-corrected chi connectivity index (χ3v) is 2.89. The molecular formula is C14H30ClN3O2. The second-order valence-electron chi connectivity index (χ2n) is 6.19. The van der Waals surface area contributed by atoms with E-state index in [0.29, 0.717) is 32.4 Å². The number of amides is 2. The van der Waals surface area contributed by atoms with Crippen molar-refractivity contribution in [3.63, 3.8) is 0 Å². The van der Waals surface area contributed by atoms with Gasteiger partial charge in [-0.15, -0.1) is 12.4 Å². The molecule has 0 fully saturated rings. The molecule has 0 unspecified atom stereocenters. The summed E-state index contributed by atoms with van der Waals surface area (Å²) < 4.78 is 0. The number of rotatable bonds is 8. The molecule has 0 aromatic heterocycles. The Kier molecular flexibility index (Phi) is 10.7. The van der Waals surface area contributed by atoms with Gasteiger partial charge in [-0.2, -0.15) is 0 Å². The Morgan fingerprint density at radius 2 is 1.80 bits per heavy atom. The zero-order chi connectivity index (χ0) is 15.1. The summed E-state index contributed by atoms with van der Waals surface area (Å²) in [5, 5.41) is 2.81. The first-order chi connectivity index (χ1) is 8.68. The fourth-order valence-corrected chi connectivity index (χ4v) is 1.78. The number of nitrogens with two attached hydrogens (primary N) is 1. The Balaban J connectivity index is 0. The van der Waals surface area contributed by atoms with Gasteiger partial charge < -0.3 is 16.0 Å². The van der Waals surface area contributed by atoms with Crippen LogP contribution in [0.3, 0.4) is 0 Å². The van der Waals surface area contributed by atoms with E-state index in [4.69, 9.17) is 5.73 Å². The fraction of sp³-hybridized carbons (Fsp3) is 0.857. The molecular weight excluding hydrogens is 278 g/mol. The summed E-state index contributed by atoms with van der Waals surface area (Å²) in [7, 11) is 1.79. The second-order valence-corrected chi connectivity index (χ2v) is 6.19. The number of halogens is 1. The molecule has 120 valence electrons. The minimum Gasteiger partial charge on any atom is -0.354 e. The number of hydrogen-bond donors (Lipinski definition) is 2. The summed E-state index contributed by atoms with van der Waals surface area (Å²) in [5.74, 6) is 0.0756. The quantitative estimate of drug-likeness (QED) is 0.714. The van der Waals surface area contributed by atoms with Crippen LogP contribution in [0.4, 0.5) is 0 Å². The molecule has 0 saturated carbocycles. The molecule has 0 atom stereocenters. The summed E-state index contributed by atoms with van der Waals surface area (Å²) in [4.78, 5) is 25.0. The van der Waals surface area contributed by atoms with Crippen molar-refractivity contribution >= 4 is 24.2 Å². The highest BCUT2D eigenvalue weighted by Gasteiger charge is 2.20. The molecule has 6 heteroatoms. The third-order valence-electron chi connectivity index (χ3n) is 2.89. The number of nitrogens with zero attached hydrogens (tertiary/aromatic N) is 1. The maximum absolute atomic E-state index is 11.9. The minimum atomic E-state index is -0.0700. The molecule has 20 heavy (non-hydrogen) atoms. The third kappa shape index (κ3) is 10.0. The van der Waals surface area contributed by atoms with Gasteiger partial charge in [0, 0.05) is 32.5 Å². The van der Waals surface area contributed by atoms with Crippen LogP contribution in [0.2, 0.25) is 0 Å². The number of hydrogen-bond acceptors (Lipinski definition) is 3. The molecule has 0 aliphatic heterocycles. The molecule has 0 bridgehead atoms. The maximum atomic E-state index is 11.9. The van der Waals surface area contributed by atoms with E-state index >= 15 is 0 Å². The van der Waals surface area contributed by atoms with Gasteiger partial charge in [-0.05, 0) is 32.2 Å². The molecule has 0 aromatic rings. The number of carbonyl (C=O) groups excluding carboxylic acids is 2. The zero-order valence-electron chi connectivity index (χ0n) is 13.4. The minimum absolute atomic E-state index is 0. The first kappa shape index (κ1) is 21.5. The first-order valence-corrected chi connectivity index (χ1v) is 6.91. The normalized spacial score (nSPS) is 10.9. The average Bonchev–Trinajstić information content (AvgIpc) is 2.27. The smallest absolute Gasteiger partial charge is 0.222 e. The Labute approximate surface area is 129 Å². The van der Waals surface area contributed by atoms with Gasteiger partial charge in [-0.3, -0.25) is 9.59 Å². The molecule has 3 N–H and O–H groups in total. The number of nitrogens with one attached hydrogen (secondary N) is 1. The van der Waals surface area contributed by atoms with E-state index < -0.39 is 0 Å². The van der Waals surface area contributed by atoms with Crippen LogP contribution in [0.25, 0.3) is 0 Å². The topological polar surface area (TPSA) is 75.4 Å². The van der Waals surface area contributed by atoms with Gasteiger partial charge >= 0.3 is 0 Å². The van der Waals surface area contributed by atoms with Crippen molar-refractivity contribution in [3.8, 4) is 0 Å². The van der Waals surface area contributed by atoms with Gasteiger partial charge in [0.05, 0.1) is 0 Å². The standard InChI is InChI=1S/C14H29N3O2.ClH/c1-11(2)16-12(18)7-6-8-13(19)17(5)10-14(3,4)9-15;/h11H,6-10,15H2,1-5H3,(H,16,18);1H. The second kappa shape index (κ2) is 10.00. The highest BCUT2D eigenvalue weighted by Crippen LogP contribution is 2.14. The van der Waals surface area contributed by atoms with Crippen molar-refractivity contribution in [2.24, 2.45) is 11.1 Å². The first-order valence-electron chi connectivity index (χ1n) is 6.91. The van der Waals surface area contributed by atoms with Crippen LogP contribution in [0.1, 0.15) is 47.0 Å². The molecule has 0 spiro atoms. The summed E-state index contributed by atoms with van der Waals surface area (Å²) in [6.07, 6.45) is 1.39. The van der Waals surface area contributed by atoms with Crippen molar-refractivity contribution in [1.82, 2.24) is 10.2 Å². The van der Waals surface area contributed by atoms with Gasteiger partial charge in [-0.25, -0.2) is 0 Å². The van der Waals surface area contributed by atoms with Crippen molar-refractivity contribution in [1.29, 1.82) is 0 Å². The van der Waals surface area contributed by atoms with E-state index in [1.807, 2.05) is 27.7 Å². The summed E-state index contributed by atoms with van der Waals surface area (Å²) >= 11 is 0. The fourth-order valence-electron chi connectivity index (χ4n) is 1.78. The van der Waals surface area contributed by atoms with Crippen LogP contribution < -0.4 is 11.1 Å². The van der Waals surface area contributed by atoms with Crippen molar-refractivity contribution < 1.29 is 9.59 Å². The van der Waals surface area contributed by atoms with Gasteiger partial charge in [0.1, 0.15) is 0 Å². The Bertz CT molecular complexity index is 307. The lowest BCUT2D eigenvalue weighted by Gasteiger charge is -2.29. The van der Waals surface area contributed by atoms with Crippen LogP contribution in [-0.4, -0.2) is 42.9 Å². The molecule has 2 amide bonds. The van der Waals surface area contributed by atoms with Crippen LogP contribution in [0.15, 0.2) is 0 Å².